The van der Waals surface area contributed by atoms with Crippen molar-refractivity contribution in [3.8, 4) is 0 Å². The largest absolute Gasteiger partial charge is 0.315 e. The van der Waals surface area contributed by atoms with Gasteiger partial charge in [0, 0.05) is 29.6 Å². The van der Waals surface area contributed by atoms with Gasteiger partial charge in [0.15, 0.2) is 0 Å². The Balaban J connectivity index is 2.21. The molecule has 0 atom stereocenters. The molecule has 14 heavy (non-hydrogen) atoms. The molecule has 0 aliphatic rings. The van der Waals surface area contributed by atoms with Gasteiger partial charge in [-0.2, -0.15) is 0 Å². The van der Waals surface area contributed by atoms with E-state index in [1.807, 2.05) is 11.8 Å². The van der Waals surface area contributed by atoms with E-state index in [1.165, 1.54) is 10.5 Å². The molecule has 0 saturated heterocycles. The topological polar surface area (TPSA) is 12.0 Å². The molecule has 1 aromatic carbocycles. The third kappa shape index (κ3) is 4.36. The van der Waals surface area contributed by atoms with Gasteiger partial charge in [0.1, 0.15) is 0 Å². The minimum Gasteiger partial charge on any atom is -0.315 e. The summed E-state index contributed by atoms with van der Waals surface area (Å²) in [7, 11) is 0. The van der Waals surface area contributed by atoms with E-state index in [0.29, 0.717) is 5.88 Å². The van der Waals surface area contributed by atoms with Crippen LogP contribution < -0.4 is 5.32 Å². The minimum atomic E-state index is 0.690. The Morgan fingerprint density at radius 1 is 1.29 bits per heavy atom. The van der Waals surface area contributed by atoms with Crippen LogP contribution in [0.5, 0.6) is 0 Å². The van der Waals surface area contributed by atoms with E-state index < -0.39 is 0 Å². The highest BCUT2D eigenvalue weighted by Gasteiger charge is 1.96. The van der Waals surface area contributed by atoms with Crippen LogP contribution in [0.2, 0.25) is 0 Å². The number of benzene rings is 1. The van der Waals surface area contributed by atoms with Crippen LogP contribution in [-0.2, 0) is 0 Å². The van der Waals surface area contributed by atoms with Gasteiger partial charge in [-0.15, -0.1) is 23.4 Å². The summed E-state index contributed by atoms with van der Waals surface area (Å²) in [6.45, 7) is 4.07. The van der Waals surface area contributed by atoms with Gasteiger partial charge in [0.2, 0.25) is 0 Å². The molecule has 78 valence electrons. The first-order chi connectivity index (χ1) is 6.84. The van der Waals surface area contributed by atoms with Gasteiger partial charge in [-0.1, -0.05) is 18.2 Å². The summed E-state index contributed by atoms with van der Waals surface area (Å²) in [6, 6.07) is 8.47. The van der Waals surface area contributed by atoms with E-state index in [0.717, 1.165) is 18.8 Å². The van der Waals surface area contributed by atoms with Gasteiger partial charge < -0.3 is 5.32 Å². The monoisotopic (exact) mass is 229 g/mol. The van der Waals surface area contributed by atoms with Crippen molar-refractivity contribution in [3.05, 3.63) is 29.8 Å². The van der Waals surface area contributed by atoms with Gasteiger partial charge >= 0.3 is 0 Å². The second-order valence-corrected chi connectivity index (χ2v) is 4.57. The van der Waals surface area contributed by atoms with Crippen molar-refractivity contribution >= 4 is 23.4 Å². The summed E-state index contributed by atoms with van der Waals surface area (Å²) in [4.78, 5) is 1.38. The third-order valence-corrected chi connectivity index (χ3v) is 3.27. The van der Waals surface area contributed by atoms with Crippen molar-refractivity contribution in [2.75, 3.05) is 24.7 Å². The number of nitrogens with one attached hydrogen (secondary N) is 1. The molecule has 1 aromatic rings. The maximum absolute atomic E-state index is 5.55. The number of hydrogen-bond acceptors (Lipinski definition) is 2. The molecule has 1 N–H and O–H groups in total. The maximum atomic E-state index is 5.55. The summed E-state index contributed by atoms with van der Waals surface area (Å²) >= 11 is 7.45. The molecule has 0 saturated carbocycles. The van der Waals surface area contributed by atoms with Crippen LogP contribution in [0.4, 0.5) is 0 Å². The molecule has 0 amide bonds. The molecule has 1 nitrogen and oxygen atoms in total. The van der Waals surface area contributed by atoms with E-state index in [-0.39, 0.29) is 0 Å². The van der Waals surface area contributed by atoms with Crippen molar-refractivity contribution in [1.82, 2.24) is 5.32 Å². The van der Waals surface area contributed by atoms with Gasteiger partial charge in [-0.25, -0.2) is 0 Å². The first-order valence-corrected chi connectivity index (χ1v) is 6.31. The number of alkyl halides is 1. The molecule has 3 heteroatoms. The highest BCUT2D eigenvalue weighted by Crippen LogP contribution is 2.20. The molecule has 0 spiro atoms. The second-order valence-electron chi connectivity index (χ2n) is 3.05. The lowest BCUT2D eigenvalue weighted by Crippen LogP contribution is -2.19. The van der Waals surface area contributed by atoms with E-state index >= 15 is 0 Å². The zero-order valence-corrected chi connectivity index (χ0v) is 10.00. The van der Waals surface area contributed by atoms with Crippen LogP contribution in [0, 0.1) is 6.92 Å². The number of thioether (sulfide) groups is 1. The standard InChI is InChI=1S/C11H16ClNS/c1-10-4-2-3-5-11(10)14-9-8-13-7-6-12/h2-5,13H,6-9H2,1H3. The average Bonchev–Trinajstić information content (AvgIpc) is 2.20. The lowest BCUT2D eigenvalue weighted by atomic mass is 10.2. The quantitative estimate of drug-likeness (QED) is 0.457. The van der Waals surface area contributed by atoms with Gasteiger partial charge in [0.25, 0.3) is 0 Å². The summed E-state index contributed by atoms with van der Waals surface area (Å²) < 4.78 is 0. The summed E-state index contributed by atoms with van der Waals surface area (Å²) in [6.07, 6.45) is 0. The van der Waals surface area contributed by atoms with E-state index in [2.05, 4.69) is 36.5 Å². The molecule has 0 fully saturated rings. The van der Waals surface area contributed by atoms with Crippen LogP contribution in [0.3, 0.4) is 0 Å². The maximum Gasteiger partial charge on any atom is 0.0348 e. The Hall–Kier alpha value is -0.180. The third-order valence-electron chi connectivity index (χ3n) is 1.90. The van der Waals surface area contributed by atoms with Gasteiger partial charge in [-0.05, 0) is 18.6 Å². The van der Waals surface area contributed by atoms with Crippen LogP contribution in [0.1, 0.15) is 5.56 Å². The molecule has 0 unspecified atom stereocenters. The molecule has 0 radical (unpaired) electrons. The predicted molar refractivity (Wildman–Crippen MR) is 65.5 cm³/mol. The van der Waals surface area contributed by atoms with Crippen molar-refractivity contribution < 1.29 is 0 Å². The second kappa shape index (κ2) is 7.16. The number of hydrogen-bond donors (Lipinski definition) is 1. The Labute approximate surface area is 95.2 Å². The molecule has 0 heterocycles. The van der Waals surface area contributed by atoms with Crippen LogP contribution in [-0.4, -0.2) is 24.7 Å². The molecule has 1 rings (SSSR count). The molecule has 0 aromatic heterocycles. The number of aryl methyl sites for hydroxylation is 1. The van der Waals surface area contributed by atoms with Crippen molar-refractivity contribution in [2.24, 2.45) is 0 Å². The summed E-state index contributed by atoms with van der Waals surface area (Å²) in [5.74, 6) is 1.79. The number of halogens is 1. The molecular formula is C11H16ClNS. The Kier molecular flexibility index (Phi) is 6.08. The normalized spacial score (nSPS) is 10.4. The summed E-state index contributed by atoms with van der Waals surface area (Å²) in [5, 5.41) is 3.27. The van der Waals surface area contributed by atoms with E-state index in [9.17, 15) is 0 Å². The van der Waals surface area contributed by atoms with Gasteiger partial charge in [-0.3, -0.25) is 0 Å². The van der Waals surface area contributed by atoms with Gasteiger partial charge in [0.05, 0.1) is 0 Å². The molecule has 0 bridgehead atoms. The fraction of sp³-hybridized carbons (Fsp3) is 0.455. The smallest absolute Gasteiger partial charge is 0.0348 e. The zero-order chi connectivity index (χ0) is 10.2. The first-order valence-electron chi connectivity index (χ1n) is 4.79. The first kappa shape index (κ1) is 11.9. The lowest BCUT2D eigenvalue weighted by Gasteiger charge is -2.05. The Bertz CT molecular complexity index is 265. The van der Waals surface area contributed by atoms with Crippen molar-refractivity contribution in [2.45, 2.75) is 11.8 Å². The van der Waals surface area contributed by atoms with Crippen molar-refractivity contribution in [3.63, 3.8) is 0 Å². The average molecular weight is 230 g/mol. The molecular weight excluding hydrogens is 214 g/mol. The highest BCUT2D eigenvalue weighted by atomic mass is 35.5. The SMILES string of the molecule is Cc1ccccc1SCCNCCCl. The van der Waals surface area contributed by atoms with Crippen molar-refractivity contribution in [1.29, 1.82) is 0 Å². The van der Waals surface area contributed by atoms with Crippen LogP contribution in [0.15, 0.2) is 29.2 Å². The number of rotatable bonds is 6. The highest BCUT2D eigenvalue weighted by molar-refractivity contribution is 7.99. The fourth-order valence-electron chi connectivity index (χ4n) is 1.14. The lowest BCUT2D eigenvalue weighted by molar-refractivity contribution is 0.772. The van der Waals surface area contributed by atoms with E-state index in [4.69, 9.17) is 11.6 Å². The fourth-order valence-corrected chi connectivity index (χ4v) is 2.21. The predicted octanol–water partition coefficient (Wildman–Crippen LogP) is 2.92. The molecule has 0 aliphatic carbocycles. The zero-order valence-electron chi connectivity index (χ0n) is 8.42. The van der Waals surface area contributed by atoms with Crippen LogP contribution in [0.25, 0.3) is 0 Å². The molecule has 0 aliphatic heterocycles. The Morgan fingerprint density at radius 3 is 2.79 bits per heavy atom. The Morgan fingerprint density at radius 2 is 2.07 bits per heavy atom. The minimum absolute atomic E-state index is 0.690. The summed E-state index contributed by atoms with van der Waals surface area (Å²) in [5.41, 5.74) is 1.36. The van der Waals surface area contributed by atoms with Crippen LogP contribution >= 0.6 is 23.4 Å². The van der Waals surface area contributed by atoms with E-state index in [1.54, 1.807) is 0 Å².